The number of hydrogen-bond donors (Lipinski definition) is 2. The number of amides is 1. The predicted molar refractivity (Wildman–Crippen MR) is 233 cm³/mol. The quantitative estimate of drug-likeness (QED) is 0.0277. The first-order valence-electron chi connectivity index (χ1n) is 22.5. The Labute approximate surface area is 339 Å². The van der Waals surface area contributed by atoms with Gasteiger partial charge in [0.05, 0.1) is 39.9 Å². The molecule has 322 valence electrons. The van der Waals surface area contributed by atoms with Crippen molar-refractivity contribution in [3.63, 3.8) is 0 Å². The molecule has 0 saturated carbocycles. The van der Waals surface area contributed by atoms with E-state index >= 15 is 0 Å². The van der Waals surface area contributed by atoms with Gasteiger partial charge in [0.15, 0.2) is 0 Å². The van der Waals surface area contributed by atoms with Crippen LogP contribution in [0, 0.1) is 0 Å². The molecule has 0 radical (unpaired) electrons. The zero-order valence-corrected chi connectivity index (χ0v) is 37.3. The van der Waals surface area contributed by atoms with E-state index in [0.717, 1.165) is 44.9 Å². The van der Waals surface area contributed by atoms with E-state index < -0.39 is 26.6 Å². The Morgan fingerprint density at radius 1 is 0.618 bits per heavy atom. The van der Waals surface area contributed by atoms with Crippen LogP contribution in [0.5, 0.6) is 0 Å². The van der Waals surface area contributed by atoms with Gasteiger partial charge in [-0.15, -0.1) is 0 Å². The van der Waals surface area contributed by atoms with Crippen LogP contribution >= 0.6 is 7.82 Å². The topological polar surface area (TPSA) is 108 Å². The van der Waals surface area contributed by atoms with Gasteiger partial charge in [0.25, 0.3) is 7.82 Å². The van der Waals surface area contributed by atoms with E-state index in [4.69, 9.17) is 9.05 Å². The summed E-state index contributed by atoms with van der Waals surface area (Å²) >= 11 is 0. The van der Waals surface area contributed by atoms with Crippen LogP contribution in [0.1, 0.15) is 187 Å². The van der Waals surface area contributed by atoms with Gasteiger partial charge in [0.1, 0.15) is 13.2 Å². The molecule has 0 saturated heterocycles. The van der Waals surface area contributed by atoms with E-state index in [9.17, 15) is 19.4 Å². The zero-order chi connectivity index (χ0) is 40.7. The minimum absolute atomic E-state index is 0.0108. The Kier molecular flexibility index (Phi) is 36.9. The Balaban J connectivity index is 4.49. The normalized spacial score (nSPS) is 14.8. The van der Waals surface area contributed by atoms with Crippen LogP contribution in [0.2, 0.25) is 0 Å². The van der Waals surface area contributed by atoms with Gasteiger partial charge in [0, 0.05) is 6.42 Å². The summed E-state index contributed by atoms with van der Waals surface area (Å²) in [6, 6.07) is -0.911. The molecule has 0 bridgehead atoms. The van der Waals surface area contributed by atoms with Gasteiger partial charge in [-0.25, -0.2) is 0 Å². The zero-order valence-electron chi connectivity index (χ0n) is 36.4. The van der Waals surface area contributed by atoms with Crippen LogP contribution in [0.15, 0.2) is 48.6 Å². The lowest BCUT2D eigenvalue weighted by Gasteiger charge is -2.29. The molecule has 1 amide bonds. The number of nitrogens with zero attached hydrogens (tertiary/aromatic N) is 1. The Hall–Kier alpha value is -1.54. The molecule has 8 nitrogen and oxygen atoms in total. The Bertz CT molecular complexity index is 1040. The second-order valence-electron chi connectivity index (χ2n) is 16.4. The van der Waals surface area contributed by atoms with Crippen molar-refractivity contribution in [2.24, 2.45) is 0 Å². The van der Waals surface area contributed by atoms with Crippen LogP contribution in [0.4, 0.5) is 0 Å². The van der Waals surface area contributed by atoms with Crippen molar-refractivity contribution in [1.29, 1.82) is 0 Å². The smallest absolute Gasteiger partial charge is 0.268 e. The number of unbranched alkanes of at least 4 members (excludes halogenated alkanes) is 21. The van der Waals surface area contributed by atoms with E-state index in [1.165, 1.54) is 122 Å². The molecule has 55 heavy (non-hydrogen) atoms. The van der Waals surface area contributed by atoms with Gasteiger partial charge < -0.3 is 28.8 Å². The highest BCUT2D eigenvalue weighted by atomic mass is 31.2. The maximum atomic E-state index is 12.8. The molecular weight excluding hydrogens is 707 g/mol. The molecular formula is C46H87N2O6P. The van der Waals surface area contributed by atoms with Crippen molar-refractivity contribution in [1.82, 2.24) is 5.32 Å². The summed E-state index contributed by atoms with van der Waals surface area (Å²) < 4.78 is 23.2. The summed E-state index contributed by atoms with van der Waals surface area (Å²) in [6.45, 7) is 4.59. The molecule has 0 spiro atoms. The molecule has 0 aliphatic carbocycles. The van der Waals surface area contributed by atoms with Crippen molar-refractivity contribution in [2.75, 3.05) is 40.9 Å². The second-order valence-corrected chi connectivity index (χ2v) is 17.8. The highest BCUT2D eigenvalue weighted by molar-refractivity contribution is 7.45. The number of allylic oxidation sites excluding steroid dienone is 7. The molecule has 0 fully saturated rings. The minimum atomic E-state index is -4.60. The lowest BCUT2D eigenvalue weighted by atomic mass is 10.1. The van der Waals surface area contributed by atoms with Gasteiger partial charge in [0.2, 0.25) is 5.91 Å². The first kappa shape index (κ1) is 53.5. The lowest BCUT2D eigenvalue weighted by Crippen LogP contribution is -2.45. The highest BCUT2D eigenvalue weighted by Crippen LogP contribution is 2.38. The second kappa shape index (κ2) is 38.0. The molecule has 0 aromatic rings. The van der Waals surface area contributed by atoms with E-state index in [1.54, 1.807) is 6.08 Å². The molecule has 2 N–H and O–H groups in total. The average molecular weight is 795 g/mol. The number of aliphatic hydroxyl groups excluding tert-OH is 1. The van der Waals surface area contributed by atoms with Crippen LogP contribution < -0.4 is 10.2 Å². The van der Waals surface area contributed by atoms with E-state index in [0.29, 0.717) is 17.4 Å². The van der Waals surface area contributed by atoms with Crippen molar-refractivity contribution < 1.29 is 32.9 Å². The van der Waals surface area contributed by atoms with Gasteiger partial charge in [-0.3, -0.25) is 9.36 Å². The Morgan fingerprint density at radius 3 is 1.47 bits per heavy atom. The largest absolute Gasteiger partial charge is 0.756 e. The molecule has 9 heteroatoms. The molecule has 0 rings (SSSR count). The maximum absolute atomic E-state index is 12.8. The number of aliphatic hydroxyl groups is 1. The van der Waals surface area contributed by atoms with Crippen LogP contribution in [0.25, 0.3) is 0 Å². The summed E-state index contributed by atoms with van der Waals surface area (Å²) in [5.41, 5.74) is 0. The standard InChI is InChI=1S/C46H87N2O6P/c1-6-8-10-12-14-16-18-20-22-23-24-26-28-30-32-34-36-38-40-46(50)47-44(43-54-55(51,52)53-42-41-48(3,4)5)45(49)39-37-35-33-31-29-27-25-21-19-17-15-13-11-9-7-2/h19,21-23,29,31,37,39,44-45,49H,6-18,20,24-28,30,32-36,38,40-43H2,1-5H3,(H-,47,50,51,52)/b21-19+,23-22-,31-29+,39-37+. The summed E-state index contributed by atoms with van der Waals surface area (Å²) in [6.07, 6.45) is 47.3. The number of hydrogen-bond acceptors (Lipinski definition) is 6. The van der Waals surface area contributed by atoms with Crippen LogP contribution in [0.3, 0.4) is 0 Å². The Morgan fingerprint density at radius 2 is 1.02 bits per heavy atom. The van der Waals surface area contributed by atoms with Crippen LogP contribution in [-0.4, -0.2) is 68.5 Å². The van der Waals surface area contributed by atoms with Crippen molar-refractivity contribution in [3.8, 4) is 0 Å². The molecule has 0 aromatic carbocycles. The molecule has 3 unspecified atom stereocenters. The number of quaternary nitrogens is 1. The number of phosphoric ester groups is 1. The summed E-state index contributed by atoms with van der Waals surface area (Å²) in [5.74, 6) is -0.218. The fraction of sp³-hybridized carbons (Fsp3) is 0.804. The summed E-state index contributed by atoms with van der Waals surface area (Å²) in [5, 5.41) is 13.7. The van der Waals surface area contributed by atoms with E-state index in [-0.39, 0.29) is 12.5 Å². The molecule has 0 aromatic heterocycles. The molecule has 0 heterocycles. The van der Waals surface area contributed by atoms with Gasteiger partial charge >= 0.3 is 0 Å². The maximum Gasteiger partial charge on any atom is 0.268 e. The van der Waals surface area contributed by atoms with Crippen LogP contribution in [-0.2, 0) is 18.4 Å². The number of carbonyl (C=O) groups excluding carboxylic acids is 1. The summed E-state index contributed by atoms with van der Waals surface area (Å²) in [7, 11) is 1.23. The third-order valence-corrected chi connectivity index (χ3v) is 10.7. The molecule has 0 aliphatic rings. The molecule has 0 aliphatic heterocycles. The van der Waals surface area contributed by atoms with E-state index in [1.807, 2.05) is 27.2 Å². The first-order chi connectivity index (χ1) is 26.5. The third kappa shape index (κ3) is 40.5. The average Bonchev–Trinajstić information content (AvgIpc) is 3.13. The highest BCUT2D eigenvalue weighted by Gasteiger charge is 2.23. The monoisotopic (exact) mass is 795 g/mol. The van der Waals surface area contributed by atoms with Gasteiger partial charge in [-0.05, 0) is 70.6 Å². The van der Waals surface area contributed by atoms with Crippen molar-refractivity contribution in [3.05, 3.63) is 48.6 Å². The van der Waals surface area contributed by atoms with E-state index in [2.05, 4.69) is 55.6 Å². The van der Waals surface area contributed by atoms with Gasteiger partial charge in [-0.1, -0.05) is 159 Å². The minimum Gasteiger partial charge on any atom is -0.756 e. The number of phosphoric acid groups is 1. The molecule has 3 atom stereocenters. The number of rotatable bonds is 40. The number of nitrogens with one attached hydrogen (secondary N) is 1. The fourth-order valence-electron chi connectivity index (χ4n) is 6.12. The van der Waals surface area contributed by atoms with Gasteiger partial charge in [-0.2, -0.15) is 0 Å². The number of carbonyl (C=O) groups is 1. The first-order valence-corrected chi connectivity index (χ1v) is 24.0. The SMILES string of the molecule is CCCCCCC/C=C/CC/C=C/CC/C=C/C(O)C(COP(=O)([O-])OCC[N+](C)(C)C)NC(=O)CCCCCCCCC/C=C\CCCCCCCCC. The van der Waals surface area contributed by atoms with Crippen molar-refractivity contribution >= 4 is 13.7 Å². The predicted octanol–water partition coefficient (Wildman–Crippen LogP) is 11.8. The third-order valence-electron chi connectivity index (χ3n) is 9.74. The van der Waals surface area contributed by atoms with Crippen molar-refractivity contribution in [2.45, 2.75) is 199 Å². The number of likely N-dealkylation sites (N-methyl/N-ethyl adjacent to an activating group) is 1. The lowest BCUT2D eigenvalue weighted by molar-refractivity contribution is -0.870. The fourth-order valence-corrected chi connectivity index (χ4v) is 6.84. The summed E-state index contributed by atoms with van der Waals surface area (Å²) in [4.78, 5) is 25.3.